The van der Waals surface area contributed by atoms with Gasteiger partial charge < -0.3 is 5.11 Å². The number of likely N-dealkylation sites (tertiary alicyclic amines) is 1. The Bertz CT molecular complexity index is 312. The molecule has 1 aromatic rings. The summed E-state index contributed by atoms with van der Waals surface area (Å²) in [6.07, 6.45) is 5.88. The lowest BCUT2D eigenvalue weighted by Crippen LogP contribution is -2.31. The van der Waals surface area contributed by atoms with Crippen LogP contribution in [0.25, 0.3) is 0 Å². The molecule has 2 rings (SSSR count). The molecular formula is C11H17N3O. The number of aryl methyl sites for hydroxylation is 1. The number of rotatable bonds is 3. The van der Waals surface area contributed by atoms with Gasteiger partial charge in [-0.3, -0.25) is 14.9 Å². The molecule has 1 N–H and O–H groups in total. The average molecular weight is 207 g/mol. The Morgan fingerprint density at radius 3 is 3.00 bits per heavy atom. The van der Waals surface area contributed by atoms with Crippen molar-refractivity contribution >= 4 is 0 Å². The molecule has 1 aliphatic rings. The van der Waals surface area contributed by atoms with E-state index in [1.165, 1.54) is 6.42 Å². The van der Waals surface area contributed by atoms with Crippen LogP contribution in [0.5, 0.6) is 0 Å². The molecule has 1 aromatic heterocycles. The lowest BCUT2D eigenvalue weighted by Gasteiger charge is -2.21. The molecule has 2 heterocycles. The summed E-state index contributed by atoms with van der Waals surface area (Å²) in [7, 11) is 0. The summed E-state index contributed by atoms with van der Waals surface area (Å²) in [5, 5.41) is 9.18. The van der Waals surface area contributed by atoms with Gasteiger partial charge in [-0.05, 0) is 26.3 Å². The minimum absolute atomic E-state index is 0.249. The van der Waals surface area contributed by atoms with Crippen LogP contribution in [0.4, 0.5) is 0 Å². The highest BCUT2D eigenvalue weighted by Gasteiger charge is 2.23. The maximum atomic E-state index is 9.18. The fourth-order valence-corrected chi connectivity index (χ4v) is 2.02. The normalized spacial score (nSPS) is 22.1. The van der Waals surface area contributed by atoms with Crippen LogP contribution in [-0.2, 0) is 6.54 Å². The number of aliphatic hydroxyl groups is 1. The average Bonchev–Trinajstić information content (AvgIpc) is 2.69. The van der Waals surface area contributed by atoms with E-state index in [1.807, 2.05) is 13.1 Å². The molecule has 0 aliphatic carbocycles. The molecule has 0 bridgehead atoms. The SMILES string of the molecule is Cc1cnc(CN2CCCC2CO)cn1. The van der Waals surface area contributed by atoms with E-state index >= 15 is 0 Å². The van der Waals surface area contributed by atoms with Gasteiger partial charge in [-0.15, -0.1) is 0 Å². The molecule has 1 aliphatic heterocycles. The third-order valence-electron chi connectivity index (χ3n) is 2.91. The van der Waals surface area contributed by atoms with Crippen molar-refractivity contribution in [1.82, 2.24) is 14.9 Å². The third kappa shape index (κ3) is 2.52. The Kier molecular flexibility index (Phi) is 3.28. The zero-order valence-corrected chi connectivity index (χ0v) is 9.06. The maximum Gasteiger partial charge on any atom is 0.0727 e. The molecule has 0 spiro atoms. The van der Waals surface area contributed by atoms with E-state index in [2.05, 4.69) is 14.9 Å². The minimum Gasteiger partial charge on any atom is -0.395 e. The smallest absolute Gasteiger partial charge is 0.0727 e. The monoisotopic (exact) mass is 207 g/mol. The predicted molar refractivity (Wildman–Crippen MR) is 57.3 cm³/mol. The van der Waals surface area contributed by atoms with Crippen molar-refractivity contribution in [3.05, 3.63) is 23.8 Å². The van der Waals surface area contributed by atoms with Crippen molar-refractivity contribution in [2.75, 3.05) is 13.2 Å². The fraction of sp³-hybridized carbons (Fsp3) is 0.636. The van der Waals surface area contributed by atoms with Crippen LogP contribution >= 0.6 is 0 Å². The quantitative estimate of drug-likeness (QED) is 0.794. The summed E-state index contributed by atoms with van der Waals surface area (Å²) in [6, 6.07) is 0.313. The summed E-state index contributed by atoms with van der Waals surface area (Å²) < 4.78 is 0. The van der Waals surface area contributed by atoms with Gasteiger partial charge in [0, 0.05) is 25.0 Å². The molecule has 82 valence electrons. The topological polar surface area (TPSA) is 49.2 Å². The minimum atomic E-state index is 0.249. The van der Waals surface area contributed by atoms with E-state index < -0.39 is 0 Å². The highest BCUT2D eigenvalue weighted by atomic mass is 16.3. The predicted octanol–water partition coefficient (Wildman–Crippen LogP) is 0.742. The molecule has 4 heteroatoms. The fourth-order valence-electron chi connectivity index (χ4n) is 2.02. The van der Waals surface area contributed by atoms with Gasteiger partial charge in [0.1, 0.15) is 0 Å². The van der Waals surface area contributed by atoms with Crippen molar-refractivity contribution in [3.8, 4) is 0 Å². The second-order valence-electron chi connectivity index (χ2n) is 4.10. The van der Waals surface area contributed by atoms with Gasteiger partial charge in [0.05, 0.1) is 18.0 Å². The van der Waals surface area contributed by atoms with Crippen molar-refractivity contribution in [2.45, 2.75) is 32.4 Å². The van der Waals surface area contributed by atoms with Crippen molar-refractivity contribution < 1.29 is 5.11 Å². The van der Waals surface area contributed by atoms with E-state index in [-0.39, 0.29) is 6.61 Å². The van der Waals surface area contributed by atoms with Crippen LogP contribution in [0.15, 0.2) is 12.4 Å². The van der Waals surface area contributed by atoms with Crippen LogP contribution in [0.1, 0.15) is 24.2 Å². The van der Waals surface area contributed by atoms with Crippen molar-refractivity contribution in [2.24, 2.45) is 0 Å². The number of hydrogen-bond acceptors (Lipinski definition) is 4. The van der Waals surface area contributed by atoms with Crippen LogP contribution in [0, 0.1) is 6.92 Å². The summed E-state index contributed by atoms with van der Waals surface area (Å²) >= 11 is 0. The van der Waals surface area contributed by atoms with E-state index in [0.29, 0.717) is 6.04 Å². The molecule has 4 nitrogen and oxygen atoms in total. The second kappa shape index (κ2) is 4.68. The Morgan fingerprint density at radius 1 is 1.47 bits per heavy atom. The van der Waals surface area contributed by atoms with Crippen LogP contribution < -0.4 is 0 Å². The maximum absolute atomic E-state index is 9.18. The zero-order valence-electron chi connectivity index (χ0n) is 9.06. The van der Waals surface area contributed by atoms with Crippen molar-refractivity contribution in [3.63, 3.8) is 0 Å². The van der Waals surface area contributed by atoms with E-state index in [9.17, 15) is 5.11 Å². The molecule has 1 atom stereocenters. The van der Waals surface area contributed by atoms with Crippen LogP contribution in [0.2, 0.25) is 0 Å². The standard InChI is InChI=1S/C11H17N3O/c1-9-5-13-10(6-12-9)7-14-4-2-3-11(14)8-15/h5-6,11,15H,2-4,7-8H2,1H3. The highest BCUT2D eigenvalue weighted by Crippen LogP contribution is 2.18. The number of aromatic nitrogens is 2. The lowest BCUT2D eigenvalue weighted by molar-refractivity contribution is 0.152. The lowest BCUT2D eigenvalue weighted by atomic mass is 10.2. The molecule has 0 aromatic carbocycles. The van der Waals surface area contributed by atoms with Gasteiger partial charge in [-0.25, -0.2) is 0 Å². The Hall–Kier alpha value is -1.00. The van der Waals surface area contributed by atoms with Gasteiger partial charge in [0.2, 0.25) is 0 Å². The first-order chi connectivity index (χ1) is 7.29. The molecule has 0 saturated carbocycles. The van der Waals surface area contributed by atoms with Crippen LogP contribution in [-0.4, -0.2) is 39.2 Å². The molecular weight excluding hydrogens is 190 g/mol. The Balaban J connectivity index is 1.99. The molecule has 15 heavy (non-hydrogen) atoms. The first-order valence-corrected chi connectivity index (χ1v) is 5.42. The van der Waals surface area contributed by atoms with Crippen LogP contribution in [0.3, 0.4) is 0 Å². The molecule has 0 amide bonds. The largest absolute Gasteiger partial charge is 0.395 e. The summed E-state index contributed by atoms with van der Waals surface area (Å²) in [4.78, 5) is 10.8. The van der Waals surface area contributed by atoms with Gasteiger partial charge in [0.25, 0.3) is 0 Å². The van der Waals surface area contributed by atoms with Gasteiger partial charge in [-0.1, -0.05) is 0 Å². The first kappa shape index (κ1) is 10.5. The van der Waals surface area contributed by atoms with Gasteiger partial charge in [-0.2, -0.15) is 0 Å². The third-order valence-corrected chi connectivity index (χ3v) is 2.91. The molecule has 1 fully saturated rings. The van der Waals surface area contributed by atoms with E-state index in [4.69, 9.17) is 0 Å². The Morgan fingerprint density at radius 2 is 2.33 bits per heavy atom. The number of hydrogen-bond donors (Lipinski definition) is 1. The molecule has 1 unspecified atom stereocenters. The molecule has 1 saturated heterocycles. The summed E-state index contributed by atoms with van der Waals surface area (Å²) in [6.45, 7) is 4.04. The van der Waals surface area contributed by atoms with E-state index in [1.54, 1.807) is 6.20 Å². The number of aliphatic hydroxyl groups excluding tert-OH is 1. The van der Waals surface area contributed by atoms with Crippen molar-refractivity contribution in [1.29, 1.82) is 0 Å². The molecule has 0 radical (unpaired) electrons. The first-order valence-electron chi connectivity index (χ1n) is 5.42. The highest BCUT2D eigenvalue weighted by molar-refractivity contribution is 5.01. The van der Waals surface area contributed by atoms with Gasteiger partial charge >= 0.3 is 0 Å². The zero-order chi connectivity index (χ0) is 10.7. The van der Waals surface area contributed by atoms with E-state index in [0.717, 1.165) is 30.9 Å². The summed E-state index contributed by atoms with van der Waals surface area (Å²) in [5.74, 6) is 0. The Labute approximate surface area is 90.0 Å². The summed E-state index contributed by atoms with van der Waals surface area (Å²) in [5.41, 5.74) is 1.93. The second-order valence-corrected chi connectivity index (χ2v) is 4.10. The number of nitrogens with zero attached hydrogens (tertiary/aromatic N) is 3. The van der Waals surface area contributed by atoms with Gasteiger partial charge in [0.15, 0.2) is 0 Å².